The van der Waals surface area contributed by atoms with Gasteiger partial charge in [0.2, 0.25) is 5.91 Å². The molecular weight excluding hydrogens is 258 g/mol. The molecule has 2 aliphatic heterocycles. The molecule has 3 atom stereocenters. The fourth-order valence-corrected chi connectivity index (χ4v) is 3.04. The molecule has 2 rings (SSSR count). The number of carbonyl (C=O) groups is 1. The maximum atomic E-state index is 12.2. The van der Waals surface area contributed by atoms with Crippen molar-refractivity contribution in [1.82, 2.24) is 4.90 Å². The summed E-state index contributed by atoms with van der Waals surface area (Å²) in [6.45, 7) is 4.61. The van der Waals surface area contributed by atoms with Crippen LogP contribution in [0.5, 0.6) is 0 Å². The first-order chi connectivity index (χ1) is 7.22. The monoisotopic (exact) mass is 275 g/mol. The zero-order valence-electron chi connectivity index (χ0n) is 9.12. The van der Waals surface area contributed by atoms with Crippen LogP contribution in [0.2, 0.25) is 0 Å². The number of hydrogen-bond acceptors (Lipinski definition) is 2. The number of likely N-dealkylation sites (tertiary alicyclic amines) is 1. The Morgan fingerprint density at radius 1 is 1.53 bits per heavy atom. The van der Waals surface area contributed by atoms with E-state index < -0.39 is 0 Å². The number of hydrogen-bond donors (Lipinski definition) is 0. The number of nitrogens with zero attached hydrogens (tertiary/aromatic N) is 1. The van der Waals surface area contributed by atoms with Gasteiger partial charge in [0.05, 0.1) is 12.0 Å². The molecule has 15 heavy (non-hydrogen) atoms. The van der Waals surface area contributed by atoms with Crippen LogP contribution in [0.25, 0.3) is 0 Å². The number of ether oxygens (including phenoxy) is 1. The lowest BCUT2D eigenvalue weighted by Crippen LogP contribution is -2.37. The van der Waals surface area contributed by atoms with E-state index in [1.165, 1.54) is 0 Å². The van der Waals surface area contributed by atoms with Gasteiger partial charge in [-0.2, -0.15) is 0 Å². The zero-order valence-corrected chi connectivity index (χ0v) is 10.7. The molecule has 2 heterocycles. The van der Waals surface area contributed by atoms with Crippen LogP contribution in [0.15, 0.2) is 0 Å². The van der Waals surface area contributed by atoms with E-state index in [2.05, 4.69) is 22.9 Å². The maximum Gasteiger partial charge on any atom is 0.228 e. The Morgan fingerprint density at radius 2 is 2.33 bits per heavy atom. The van der Waals surface area contributed by atoms with Crippen molar-refractivity contribution in [3.8, 4) is 0 Å². The van der Waals surface area contributed by atoms with E-state index in [1.54, 1.807) is 0 Å². The molecule has 86 valence electrons. The highest BCUT2D eigenvalue weighted by Gasteiger charge is 2.37. The molecule has 0 aromatic heterocycles. The highest BCUT2D eigenvalue weighted by atomic mass is 79.9. The lowest BCUT2D eigenvalue weighted by molar-refractivity contribution is -0.136. The molecule has 2 saturated heterocycles. The van der Waals surface area contributed by atoms with E-state index in [1.807, 2.05) is 4.90 Å². The van der Waals surface area contributed by atoms with Gasteiger partial charge in [0, 0.05) is 24.5 Å². The van der Waals surface area contributed by atoms with Crippen molar-refractivity contribution in [3.05, 3.63) is 0 Å². The molecule has 0 saturated carbocycles. The van der Waals surface area contributed by atoms with Crippen molar-refractivity contribution in [1.29, 1.82) is 0 Å². The van der Waals surface area contributed by atoms with Gasteiger partial charge in [-0.3, -0.25) is 4.79 Å². The van der Waals surface area contributed by atoms with Crippen LogP contribution in [-0.2, 0) is 9.53 Å². The van der Waals surface area contributed by atoms with Crippen molar-refractivity contribution < 1.29 is 9.53 Å². The lowest BCUT2D eigenvalue weighted by Gasteiger charge is -2.23. The smallest absolute Gasteiger partial charge is 0.228 e. The highest BCUT2D eigenvalue weighted by Crippen LogP contribution is 2.27. The van der Waals surface area contributed by atoms with Crippen molar-refractivity contribution in [2.75, 3.05) is 19.7 Å². The third-order valence-electron chi connectivity index (χ3n) is 3.37. The van der Waals surface area contributed by atoms with Gasteiger partial charge >= 0.3 is 0 Å². The van der Waals surface area contributed by atoms with Crippen LogP contribution in [0, 0.1) is 5.92 Å². The molecule has 0 aromatic rings. The summed E-state index contributed by atoms with van der Waals surface area (Å²) in [5.41, 5.74) is 0. The van der Waals surface area contributed by atoms with Gasteiger partial charge in [-0.1, -0.05) is 22.9 Å². The van der Waals surface area contributed by atoms with Gasteiger partial charge in [0.15, 0.2) is 0 Å². The topological polar surface area (TPSA) is 29.5 Å². The van der Waals surface area contributed by atoms with Crippen LogP contribution in [-0.4, -0.2) is 41.4 Å². The highest BCUT2D eigenvalue weighted by molar-refractivity contribution is 9.09. The Balaban J connectivity index is 1.95. The Hall–Kier alpha value is -0.0900. The minimum atomic E-state index is 0.118. The van der Waals surface area contributed by atoms with E-state index in [0.29, 0.717) is 10.7 Å². The molecule has 0 aliphatic carbocycles. The van der Waals surface area contributed by atoms with Crippen molar-refractivity contribution in [2.45, 2.75) is 37.1 Å². The van der Waals surface area contributed by atoms with Crippen LogP contribution in [0.3, 0.4) is 0 Å². The third kappa shape index (κ3) is 2.36. The molecule has 0 spiro atoms. The maximum absolute atomic E-state index is 12.2. The lowest BCUT2D eigenvalue weighted by atomic mass is 9.98. The summed E-state index contributed by atoms with van der Waals surface area (Å²) < 4.78 is 5.56. The van der Waals surface area contributed by atoms with Crippen LogP contribution in [0.4, 0.5) is 0 Å². The summed E-state index contributed by atoms with van der Waals surface area (Å²) in [7, 11) is 0. The van der Waals surface area contributed by atoms with E-state index in [4.69, 9.17) is 4.74 Å². The number of alkyl halides is 1. The van der Waals surface area contributed by atoms with Crippen molar-refractivity contribution in [3.63, 3.8) is 0 Å². The first-order valence-corrected chi connectivity index (χ1v) is 6.68. The average molecular weight is 276 g/mol. The molecule has 0 radical (unpaired) electrons. The van der Waals surface area contributed by atoms with Gasteiger partial charge < -0.3 is 9.64 Å². The normalized spacial score (nSPS) is 36.1. The predicted octanol–water partition coefficient (Wildman–Crippen LogP) is 1.80. The van der Waals surface area contributed by atoms with E-state index >= 15 is 0 Å². The quantitative estimate of drug-likeness (QED) is 0.720. The molecule has 1 amide bonds. The van der Waals surface area contributed by atoms with E-state index in [-0.39, 0.29) is 12.0 Å². The Bertz CT molecular complexity index is 247. The van der Waals surface area contributed by atoms with Gasteiger partial charge in [-0.05, 0) is 19.3 Å². The largest absolute Gasteiger partial charge is 0.377 e. The first-order valence-electron chi connectivity index (χ1n) is 5.76. The summed E-state index contributed by atoms with van der Waals surface area (Å²) in [6.07, 6.45) is 3.09. The number of carbonyl (C=O) groups excluding carboxylic acids is 1. The molecule has 0 bridgehead atoms. The van der Waals surface area contributed by atoms with E-state index in [0.717, 1.165) is 39.0 Å². The second-order valence-corrected chi connectivity index (χ2v) is 5.68. The van der Waals surface area contributed by atoms with Gasteiger partial charge in [-0.15, -0.1) is 0 Å². The average Bonchev–Trinajstić information content (AvgIpc) is 2.84. The van der Waals surface area contributed by atoms with Crippen molar-refractivity contribution in [2.24, 2.45) is 5.92 Å². The summed E-state index contributed by atoms with van der Waals surface area (Å²) in [6, 6.07) is 0. The molecule has 2 aliphatic rings. The fourth-order valence-electron chi connectivity index (χ4n) is 2.49. The third-order valence-corrected chi connectivity index (χ3v) is 4.12. The van der Waals surface area contributed by atoms with Crippen LogP contribution in [0.1, 0.15) is 26.2 Å². The van der Waals surface area contributed by atoms with Gasteiger partial charge in [0.25, 0.3) is 0 Å². The minimum Gasteiger partial charge on any atom is -0.377 e. The molecule has 0 N–H and O–H groups in total. The molecule has 3 unspecified atom stereocenters. The molecule has 4 heteroatoms. The van der Waals surface area contributed by atoms with Crippen molar-refractivity contribution >= 4 is 21.8 Å². The number of rotatable bonds is 2. The minimum absolute atomic E-state index is 0.118. The van der Waals surface area contributed by atoms with Gasteiger partial charge in [0.1, 0.15) is 0 Å². The first kappa shape index (κ1) is 11.4. The van der Waals surface area contributed by atoms with E-state index in [9.17, 15) is 4.79 Å². The predicted molar refractivity (Wildman–Crippen MR) is 62.1 cm³/mol. The second-order valence-electron chi connectivity index (χ2n) is 4.38. The summed E-state index contributed by atoms with van der Waals surface area (Å²) >= 11 is 3.56. The standard InChI is InChI=1S/C11H18BrNO2/c1-2-10-9(4-6-15-10)11(14)13-5-3-8(12)7-13/h8-10H,2-7H2,1H3. The SMILES string of the molecule is CCC1OCCC1C(=O)N1CCC(Br)C1. The number of halogens is 1. The summed E-state index contributed by atoms with van der Waals surface area (Å²) in [5, 5.41) is 0. The summed E-state index contributed by atoms with van der Waals surface area (Å²) in [5.74, 6) is 0.425. The molecule has 2 fully saturated rings. The molecular formula is C11H18BrNO2. The fraction of sp³-hybridized carbons (Fsp3) is 0.909. The van der Waals surface area contributed by atoms with Crippen LogP contribution < -0.4 is 0 Å². The Kier molecular flexibility index (Phi) is 3.67. The Morgan fingerprint density at radius 3 is 2.93 bits per heavy atom. The summed E-state index contributed by atoms with van der Waals surface area (Å²) in [4.78, 5) is 14.7. The Labute approximate surface area is 99.3 Å². The molecule has 0 aromatic carbocycles. The van der Waals surface area contributed by atoms with Crippen LogP contribution >= 0.6 is 15.9 Å². The zero-order chi connectivity index (χ0) is 10.8. The van der Waals surface area contributed by atoms with Gasteiger partial charge in [-0.25, -0.2) is 0 Å². The number of amides is 1. The molecule has 3 nitrogen and oxygen atoms in total. The second kappa shape index (κ2) is 4.83.